The number of hydrogen-bond acceptors (Lipinski definition) is 6. The number of hydrogen-bond donors (Lipinski definition) is 3. The first-order valence-corrected chi connectivity index (χ1v) is 9.20. The molecule has 1 aliphatic carbocycles. The normalized spacial score (nSPS) is 27.2. The third-order valence-electron chi connectivity index (χ3n) is 5.67. The summed E-state index contributed by atoms with van der Waals surface area (Å²) in [6, 6.07) is 1.93. The number of nitrogens with two attached hydrogens (primary N) is 1. The second-order valence-corrected chi connectivity index (χ2v) is 7.25. The Hall–Kier alpha value is -2.48. The summed E-state index contributed by atoms with van der Waals surface area (Å²) in [4.78, 5) is 26.1. The van der Waals surface area contributed by atoms with Crippen LogP contribution in [0.3, 0.4) is 0 Å². The minimum atomic E-state index is -0.368. The van der Waals surface area contributed by atoms with Crippen molar-refractivity contribution in [3.8, 4) is 0 Å². The number of amides is 1. The monoisotopic (exact) mass is 356 g/mol. The Morgan fingerprint density at radius 2 is 2.00 bits per heavy atom. The fraction of sp³-hybridized carbons (Fsp3) is 0.556. The van der Waals surface area contributed by atoms with Gasteiger partial charge < -0.3 is 20.8 Å². The smallest absolute Gasteiger partial charge is 0.225 e. The van der Waals surface area contributed by atoms with Crippen LogP contribution in [0.5, 0.6) is 0 Å². The average molecular weight is 356 g/mol. The highest BCUT2D eigenvalue weighted by molar-refractivity contribution is 6.09. The van der Waals surface area contributed by atoms with Crippen molar-refractivity contribution in [2.24, 2.45) is 22.8 Å². The van der Waals surface area contributed by atoms with Gasteiger partial charge in [0.15, 0.2) is 0 Å². The molecule has 2 aromatic heterocycles. The van der Waals surface area contributed by atoms with Crippen LogP contribution in [0.1, 0.15) is 37.8 Å². The van der Waals surface area contributed by atoms with E-state index in [4.69, 9.17) is 5.84 Å². The van der Waals surface area contributed by atoms with E-state index in [2.05, 4.69) is 20.1 Å². The van der Waals surface area contributed by atoms with Gasteiger partial charge in [0.1, 0.15) is 12.0 Å². The Labute approximate surface area is 151 Å². The summed E-state index contributed by atoms with van der Waals surface area (Å²) in [7, 11) is 0. The molecule has 2 aromatic rings. The molecule has 2 fully saturated rings. The van der Waals surface area contributed by atoms with Crippen molar-refractivity contribution >= 4 is 22.7 Å². The van der Waals surface area contributed by atoms with Crippen LogP contribution >= 0.6 is 0 Å². The second-order valence-electron chi connectivity index (χ2n) is 7.25. The highest BCUT2D eigenvalue weighted by atomic mass is 16.3. The van der Waals surface area contributed by atoms with E-state index in [9.17, 15) is 9.90 Å². The third kappa shape index (κ3) is 3.05. The Morgan fingerprint density at radius 1 is 1.23 bits per heavy atom. The Kier molecular flexibility index (Phi) is 4.58. The molecule has 0 unspecified atom stereocenters. The summed E-state index contributed by atoms with van der Waals surface area (Å²) < 4.78 is 0. The van der Waals surface area contributed by atoms with E-state index in [0.29, 0.717) is 19.5 Å². The molecule has 0 spiro atoms. The topological polar surface area (TPSA) is 120 Å². The number of hydrazone groups is 1. The zero-order valence-corrected chi connectivity index (χ0v) is 14.6. The maximum absolute atomic E-state index is 12.6. The van der Waals surface area contributed by atoms with Crippen LogP contribution in [0, 0.1) is 11.8 Å². The molecule has 1 saturated carbocycles. The van der Waals surface area contributed by atoms with E-state index in [-0.39, 0.29) is 23.8 Å². The maximum atomic E-state index is 12.6. The van der Waals surface area contributed by atoms with Gasteiger partial charge in [-0.1, -0.05) is 0 Å². The van der Waals surface area contributed by atoms with Crippen molar-refractivity contribution in [2.45, 2.75) is 38.2 Å². The highest BCUT2D eigenvalue weighted by Crippen LogP contribution is 2.33. The quantitative estimate of drug-likeness (QED) is 0.431. The Morgan fingerprint density at radius 3 is 2.69 bits per heavy atom. The third-order valence-corrected chi connectivity index (χ3v) is 5.67. The number of nitrogens with zero attached hydrogens (tertiary/aromatic N) is 4. The van der Waals surface area contributed by atoms with Crippen LogP contribution in [0.2, 0.25) is 0 Å². The number of fused-ring (bicyclic) bond motifs is 1. The molecule has 4 N–H and O–H groups in total. The van der Waals surface area contributed by atoms with Crippen molar-refractivity contribution in [1.82, 2.24) is 19.9 Å². The molecule has 2 aliphatic rings. The van der Waals surface area contributed by atoms with E-state index >= 15 is 0 Å². The van der Waals surface area contributed by atoms with Gasteiger partial charge in [-0.05, 0) is 38.2 Å². The number of H-pyrrole nitrogens is 1. The first-order valence-electron chi connectivity index (χ1n) is 9.20. The number of aromatic amines is 1. The highest BCUT2D eigenvalue weighted by Gasteiger charge is 2.34. The molecular formula is C18H24N6O2. The van der Waals surface area contributed by atoms with E-state index in [1.807, 2.05) is 12.3 Å². The number of nitrogens with one attached hydrogen (secondary N) is 1. The van der Waals surface area contributed by atoms with Crippen LogP contribution in [0.25, 0.3) is 11.0 Å². The Balaban J connectivity index is 1.45. The summed E-state index contributed by atoms with van der Waals surface area (Å²) in [6.07, 6.45) is 7.02. The van der Waals surface area contributed by atoms with E-state index in [0.717, 1.165) is 48.1 Å². The molecule has 8 heteroatoms. The predicted octanol–water partition coefficient (Wildman–Crippen LogP) is 1.02. The molecule has 26 heavy (non-hydrogen) atoms. The van der Waals surface area contributed by atoms with Crippen molar-refractivity contribution in [2.75, 3.05) is 13.1 Å². The summed E-state index contributed by atoms with van der Waals surface area (Å²) in [6.45, 7) is 1.14. The second kappa shape index (κ2) is 7.03. The zero-order valence-electron chi connectivity index (χ0n) is 14.6. The number of aliphatic hydroxyl groups is 1. The number of likely N-dealkylation sites (tertiary alicyclic amines) is 1. The van der Waals surface area contributed by atoms with Gasteiger partial charge >= 0.3 is 0 Å². The first-order chi connectivity index (χ1) is 12.7. The fourth-order valence-corrected chi connectivity index (χ4v) is 4.25. The first kappa shape index (κ1) is 17.0. The number of carbonyl (C=O) groups is 1. The molecule has 0 radical (unpaired) electrons. The number of aromatic nitrogens is 3. The molecule has 138 valence electrons. The van der Waals surface area contributed by atoms with Gasteiger partial charge in [-0.25, -0.2) is 9.97 Å². The standard InChI is InChI=1S/C18H24N6O2/c19-23-15(16-14-5-7-20-17(14)22-10-21-16)11-1-3-12(4-2-11)18(26)24-8-6-13(25)9-24/h5,7,10-13,25H,1-4,6,8-9,19H2,(H,20,21,22)/t11?,12?,13-/m0/s1. The maximum Gasteiger partial charge on any atom is 0.225 e. The lowest BCUT2D eigenvalue weighted by molar-refractivity contribution is -0.136. The Bertz CT molecular complexity index is 824. The van der Waals surface area contributed by atoms with Crippen molar-refractivity contribution in [3.63, 3.8) is 0 Å². The molecule has 1 aliphatic heterocycles. The number of rotatable bonds is 3. The van der Waals surface area contributed by atoms with Gasteiger partial charge in [-0.15, -0.1) is 0 Å². The van der Waals surface area contributed by atoms with E-state index in [1.165, 1.54) is 6.33 Å². The molecular weight excluding hydrogens is 332 g/mol. The van der Waals surface area contributed by atoms with E-state index < -0.39 is 0 Å². The molecule has 0 aromatic carbocycles. The molecule has 1 saturated heterocycles. The average Bonchev–Trinajstić information content (AvgIpc) is 3.31. The minimum absolute atomic E-state index is 0.0354. The number of β-amino-alcohol motifs (C(OH)–C–C–N with tert-alkyl or cyclic N) is 1. The van der Waals surface area contributed by atoms with Crippen LogP contribution < -0.4 is 5.84 Å². The predicted molar refractivity (Wildman–Crippen MR) is 97.3 cm³/mol. The zero-order chi connectivity index (χ0) is 18.1. The summed E-state index contributed by atoms with van der Waals surface area (Å²) in [5.74, 6) is 6.13. The molecule has 1 atom stereocenters. The van der Waals surface area contributed by atoms with Gasteiger partial charge in [0.05, 0.1) is 17.5 Å². The molecule has 1 amide bonds. The van der Waals surface area contributed by atoms with Gasteiger partial charge in [-0.3, -0.25) is 4.79 Å². The van der Waals surface area contributed by atoms with Gasteiger partial charge in [0.2, 0.25) is 5.91 Å². The summed E-state index contributed by atoms with van der Waals surface area (Å²) in [5.41, 5.74) is 2.34. The minimum Gasteiger partial charge on any atom is -0.391 e. The van der Waals surface area contributed by atoms with Crippen LogP contribution in [-0.2, 0) is 4.79 Å². The molecule has 3 heterocycles. The van der Waals surface area contributed by atoms with Gasteiger partial charge in [-0.2, -0.15) is 5.10 Å². The SMILES string of the molecule is NN=C(c1ncnc2[nH]ccc12)C1CCC(C(=O)N2CC[C@H](O)C2)CC1. The molecule has 4 rings (SSSR count). The van der Waals surface area contributed by atoms with E-state index in [1.54, 1.807) is 4.90 Å². The van der Waals surface area contributed by atoms with Crippen molar-refractivity contribution < 1.29 is 9.90 Å². The summed E-state index contributed by atoms with van der Waals surface area (Å²) >= 11 is 0. The van der Waals surface area contributed by atoms with Gasteiger partial charge in [0.25, 0.3) is 0 Å². The van der Waals surface area contributed by atoms with Crippen LogP contribution in [0.15, 0.2) is 23.7 Å². The van der Waals surface area contributed by atoms with Crippen LogP contribution in [-0.4, -0.2) is 55.8 Å². The lowest BCUT2D eigenvalue weighted by Crippen LogP contribution is -2.37. The fourth-order valence-electron chi connectivity index (χ4n) is 4.25. The molecule has 0 bridgehead atoms. The van der Waals surface area contributed by atoms with Crippen LogP contribution in [0.4, 0.5) is 0 Å². The van der Waals surface area contributed by atoms with Crippen molar-refractivity contribution in [3.05, 3.63) is 24.3 Å². The van der Waals surface area contributed by atoms with Crippen molar-refractivity contribution in [1.29, 1.82) is 0 Å². The largest absolute Gasteiger partial charge is 0.391 e. The lowest BCUT2D eigenvalue weighted by Gasteiger charge is -2.30. The number of carbonyl (C=O) groups excluding carboxylic acids is 1. The van der Waals surface area contributed by atoms with Gasteiger partial charge in [0, 0.05) is 36.5 Å². The summed E-state index contributed by atoms with van der Waals surface area (Å²) in [5, 5.41) is 14.6. The molecule has 8 nitrogen and oxygen atoms in total. The lowest BCUT2D eigenvalue weighted by atomic mass is 9.78. The number of aliphatic hydroxyl groups excluding tert-OH is 1.